The lowest BCUT2D eigenvalue weighted by Crippen LogP contribution is -2.60. The lowest BCUT2D eigenvalue weighted by atomic mass is 9.99. The lowest BCUT2D eigenvalue weighted by Gasteiger charge is -2.43. The third-order valence-electron chi connectivity index (χ3n) is 9.65. The summed E-state index contributed by atoms with van der Waals surface area (Å²) in [6, 6.07) is 7.53. The Balaban J connectivity index is 2.03. The molecule has 0 bridgehead atoms. The third-order valence-corrected chi connectivity index (χ3v) is 14.1. The number of nitrogens with zero attached hydrogens (tertiary/aromatic N) is 3. The van der Waals surface area contributed by atoms with Crippen molar-refractivity contribution in [3.8, 4) is 0 Å². The zero-order valence-electron chi connectivity index (χ0n) is 30.7. The van der Waals surface area contributed by atoms with Crippen LogP contribution in [0.15, 0.2) is 47.6 Å². The normalized spacial score (nSPS) is 22.8. The van der Waals surface area contributed by atoms with Gasteiger partial charge in [-0.05, 0) is 54.7 Å². The van der Waals surface area contributed by atoms with Gasteiger partial charge in [-0.25, -0.2) is 4.79 Å². The van der Waals surface area contributed by atoms with Crippen molar-refractivity contribution in [2.24, 2.45) is 5.11 Å². The number of esters is 1. The standard InChI is InChI=1S/C37H63N3O8Si/c1-7-8-9-10-11-12-13-14-15-16-17-18-22-25-30(47-35(44)28-23-20-19-21-24-28)29(39-40-38)26-45-36-34(43)33(42)32(41)31(48-36)27-46-49(5,6)37(2,3)4/h19-25,29-34,36,41-43H,7-18,26-27H2,1-6H3/b25-22+/t29-,30+,31+,32+,33-,34-,36-/m0/s1. The van der Waals surface area contributed by atoms with Gasteiger partial charge in [-0.2, -0.15) is 0 Å². The number of azide groups is 1. The van der Waals surface area contributed by atoms with Gasteiger partial charge in [-0.3, -0.25) is 0 Å². The van der Waals surface area contributed by atoms with E-state index in [4.69, 9.17) is 18.6 Å². The van der Waals surface area contributed by atoms with Gasteiger partial charge in [0.15, 0.2) is 14.6 Å². The maximum atomic E-state index is 13.0. The fourth-order valence-electron chi connectivity index (χ4n) is 5.32. The van der Waals surface area contributed by atoms with Crippen LogP contribution >= 0.6 is 0 Å². The zero-order chi connectivity index (χ0) is 36.3. The van der Waals surface area contributed by atoms with Gasteiger partial charge in [0.05, 0.1) is 18.8 Å². The molecule has 1 aliphatic heterocycles. The van der Waals surface area contributed by atoms with Crippen LogP contribution in [0.3, 0.4) is 0 Å². The smallest absolute Gasteiger partial charge is 0.338 e. The molecule has 0 aromatic heterocycles. The number of allylic oxidation sites excluding steroid dienone is 1. The Hall–Kier alpha value is -2.28. The van der Waals surface area contributed by atoms with Crippen LogP contribution in [0.5, 0.6) is 0 Å². The predicted octanol–water partition coefficient (Wildman–Crippen LogP) is 7.99. The Kier molecular flexibility index (Phi) is 19.7. The monoisotopic (exact) mass is 705 g/mol. The number of aliphatic hydroxyl groups is 3. The molecule has 0 radical (unpaired) electrons. The first-order valence-corrected chi connectivity index (χ1v) is 21.1. The van der Waals surface area contributed by atoms with Crippen LogP contribution in [0.1, 0.15) is 115 Å². The van der Waals surface area contributed by atoms with Gasteiger partial charge >= 0.3 is 5.97 Å². The predicted molar refractivity (Wildman–Crippen MR) is 195 cm³/mol. The van der Waals surface area contributed by atoms with Gasteiger partial charge in [0, 0.05) is 4.91 Å². The topological polar surface area (TPSA) is 163 Å². The number of ether oxygens (including phenoxy) is 3. The van der Waals surface area contributed by atoms with Crippen LogP contribution in [-0.2, 0) is 18.6 Å². The summed E-state index contributed by atoms with van der Waals surface area (Å²) in [5.74, 6) is -0.585. The van der Waals surface area contributed by atoms with Crippen molar-refractivity contribution in [2.75, 3.05) is 13.2 Å². The fourth-order valence-corrected chi connectivity index (χ4v) is 6.34. The second-order valence-electron chi connectivity index (χ2n) is 14.7. The Labute approximate surface area is 295 Å². The molecule has 11 nitrogen and oxygen atoms in total. The summed E-state index contributed by atoms with van der Waals surface area (Å²) < 4.78 is 23.8. The molecular weight excluding hydrogens is 643 g/mol. The quantitative estimate of drug-likeness (QED) is 0.0196. The van der Waals surface area contributed by atoms with Crippen LogP contribution in [0.4, 0.5) is 0 Å². The molecule has 0 aliphatic carbocycles. The van der Waals surface area contributed by atoms with Crippen LogP contribution < -0.4 is 0 Å². The number of benzene rings is 1. The summed E-state index contributed by atoms with van der Waals surface area (Å²) in [4.78, 5) is 16.0. The van der Waals surface area contributed by atoms with E-state index in [1.807, 2.05) is 6.08 Å². The average Bonchev–Trinajstić information content (AvgIpc) is 3.07. The fraction of sp³-hybridized carbons (Fsp3) is 0.757. The van der Waals surface area contributed by atoms with Crippen molar-refractivity contribution in [3.05, 3.63) is 58.5 Å². The van der Waals surface area contributed by atoms with E-state index in [0.717, 1.165) is 19.3 Å². The molecular formula is C37H63N3O8Si. The van der Waals surface area contributed by atoms with Gasteiger partial charge in [-0.1, -0.05) is 121 Å². The molecule has 0 spiro atoms. The largest absolute Gasteiger partial charge is 0.454 e. The molecule has 2 rings (SSSR count). The minimum atomic E-state index is -2.21. The van der Waals surface area contributed by atoms with E-state index in [-0.39, 0.29) is 18.3 Å². The molecule has 1 aromatic carbocycles. The van der Waals surface area contributed by atoms with Gasteiger partial charge in [-0.15, -0.1) is 0 Å². The van der Waals surface area contributed by atoms with Crippen LogP contribution in [0.25, 0.3) is 10.4 Å². The summed E-state index contributed by atoms with van der Waals surface area (Å²) in [7, 11) is -2.21. The van der Waals surface area contributed by atoms with Crippen molar-refractivity contribution < 1.29 is 38.8 Å². The van der Waals surface area contributed by atoms with Crippen LogP contribution in [-0.4, -0.2) is 85.7 Å². The molecule has 49 heavy (non-hydrogen) atoms. The van der Waals surface area contributed by atoms with E-state index in [1.165, 1.54) is 57.8 Å². The Morgan fingerprint density at radius 3 is 2.12 bits per heavy atom. The highest BCUT2D eigenvalue weighted by atomic mass is 28.4. The first kappa shape index (κ1) is 42.9. The van der Waals surface area contributed by atoms with Gasteiger partial charge in [0.2, 0.25) is 0 Å². The van der Waals surface area contributed by atoms with E-state index in [0.29, 0.717) is 5.56 Å². The van der Waals surface area contributed by atoms with Crippen molar-refractivity contribution in [1.82, 2.24) is 0 Å². The summed E-state index contributed by atoms with van der Waals surface area (Å²) >= 11 is 0. The maximum absolute atomic E-state index is 13.0. The molecule has 0 saturated carbocycles. The highest BCUT2D eigenvalue weighted by molar-refractivity contribution is 6.74. The number of carbonyl (C=O) groups is 1. The molecule has 12 heteroatoms. The number of hydrogen-bond donors (Lipinski definition) is 3. The second-order valence-corrected chi connectivity index (χ2v) is 19.5. The van der Waals surface area contributed by atoms with E-state index in [9.17, 15) is 25.6 Å². The highest BCUT2D eigenvalue weighted by Gasteiger charge is 2.46. The zero-order valence-corrected chi connectivity index (χ0v) is 31.7. The third kappa shape index (κ3) is 15.2. The Morgan fingerprint density at radius 2 is 1.55 bits per heavy atom. The number of carbonyl (C=O) groups excluding carboxylic acids is 1. The molecule has 1 aliphatic rings. The summed E-state index contributed by atoms with van der Waals surface area (Å²) in [5, 5.41) is 35.7. The minimum absolute atomic E-state index is 0.000173. The van der Waals surface area contributed by atoms with E-state index in [1.54, 1.807) is 36.4 Å². The average molecular weight is 706 g/mol. The molecule has 3 N–H and O–H groups in total. The number of aliphatic hydroxyl groups excluding tert-OH is 3. The van der Waals surface area contributed by atoms with Crippen LogP contribution in [0.2, 0.25) is 18.1 Å². The molecule has 278 valence electrons. The van der Waals surface area contributed by atoms with Crippen LogP contribution in [0, 0.1) is 0 Å². The number of hydrogen-bond acceptors (Lipinski definition) is 9. The van der Waals surface area contributed by atoms with E-state index >= 15 is 0 Å². The summed E-state index contributed by atoms with van der Waals surface area (Å²) in [5.41, 5.74) is 9.76. The maximum Gasteiger partial charge on any atom is 0.338 e. The van der Waals surface area contributed by atoms with Gasteiger partial charge in [0.25, 0.3) is 0 Å². The second kappa shape index (κ2) is 22.5. The van der Waals surface area contributed by atoms with E-state index in [2.05, 4.69) is 50.8 Å². The Morgan fingerprint density at radius 1 is 0.959 bits per heavy atom. The highest BCUT2D eigenvalue weighted by Crippen LogP contribution is 2.37. The number of unbranched alkanes of at least 4 members (excludes halogenated alkanes) is 11. The molecule has 7 atom stereocenters. The van der Waals surface area contributed by atoms with Gasteiger partial charge < -0.3 is 34.0 Å². The van der Waals surface area contributed by atoms with Crippen molar-refractivity contribution in [1.29, 1.82) is 0 Å². The molecule has 1 aromatic rings. The lowest BCUT2D eigenvalue weighted by molar-refractivity contribution is -0.301. The molecule has 1 heterocycles. The molecule has 1 fully saturated rings. The summed E-state index contributed by atoms with van der Waals surface area (Å²) in [6.07, 6.45) is 10.3. The Bertz CT molecular complexity index is 1140. The molecule has 0 amide bonds. The summed E-state index contributed by atoms with van der Waals surface area (Å²) in [6.45, 7) is 12.3. The van der Waals surface area contributed by atoms with E-state index < -0.39 is 57.1 Å². The van der Waals surface area contributed by atoms with Gasteiger partial charge in [0.1, 0.15) is 36.6 Å². The minimum Gasteiger partial charge on any atom is -0.454 e. The first-order chi connectivity index (χ1) is 23.3. The van der Waals surface area contributed by atoms with Crippen molar-refractivity contribution in [2.45, 2.75) is 166 Å². The SMILES string of the molecule is CCCCCCCCCCCCC/C=C/[C@@H](OC(=O)c1ccccc1)[C@H](CO[C@H]1O[C@H](CO[Si](C)(C)C(C)(C)C)[C@@H](O)[C@H](O)[C@@H]1O)N=[N+]=[N-]. The van der Waals surface area contributed by atoms with Crippen molar-refractivity contribution >= 4 is 14.3 Å². The molecule has 1 saturated heterocycles. The number of rotatable bonds is 23. The van der Waals surface area contributed by atoms with Crippen molar-refractivity contribution in [3.63, 3.8) is 0 Å². The molecule has 0 unspecified atom stereocenters. The first-order valence-electron chi connectivity index (χ1n) is 18.2.